The van der Waals surface area contributed by atoms with E-state index < -0.39 is 4.92 Å². The Hall–Kier alpha value is -2.64. The Labute approximate surface area is 126 Å². The first kappa shape index (κ1) is 15.7. The summed E-state index contributed by atoms with van der Waals surface area (Å²) in [5.41, 5.74) is 0.238. The maximum Gasteiger partial charge on any atom is 0.305 e. The highest BCUT2D eigenvalue weighted by Gasteiger charge is 2.27. The molecule has 0 unspecified atom stereocenters. The summed E-state index contributed by atoms with van der Waals surface area (Å²) >= 11 is 0. The van der Waals surface area contributed by atoms with Gasteiger partial charge in [0.15, 0.2) is 6.61 Å². The molecule has 0 bridgehead atoms. The number of carbonyl (C=O) groups is 2. The number of benzene rings is 1. The Morgan fingerprint density at radius 2 is 2.27 bits per heavy atom. The van der Waals surface area contributed by atoms with Crippen molar-refractivity contribution < 1.29 is 24.0 Å². The highest BCUT2D eigenvalue weighted by atomic mass is 16.6. The molecule has 0 saturated heterocycles. The highest BCUT2D eigenvalue weighted by molar-refractivity contribution is 5.98. The van der Waals surface area contributed by atoms with Crippen LogP contribution in [0.15, 0.2) is 18.2 Å². The van der Waals surface area contributed by atoms with E-state index in [1.165, 1.54) is 23.1 Å². The van der Waals surface area contributed by atoms with Crippen LogP contribution in [-0.2, 0) is 14.3 Å². The molecule has 1 aromatic carbocycles. The van der Waals surface area contributed by atoms with Gasteiger partial charge in [0.1, 0.15) is 5.75 Å². The van der Waals surface area contributed by atoms with Gasteiger partial charge in [-0.15, -0.1) is 0 Å². The number of nitrogens with zero attached hydrogens (tertiary/aromatic N) is 2. The molecule has 8 heteroatoms. The molecule has 1 aliphatic rings. The van der Waals surface area contributed by atoms with Crippen molar-refractivity contribution >= 4 is 23.3 Å². The van der Waals surface area contributed by atoms with Gasteiger partial charge in [0.2, 0.25) is 0 Å². The van der Waals surface area contributed by atoms with E-state index in [9.17, 15) is 19.7 Å². The monoisotopic (exact) mass is 308 g/mol. The lowest BCUT2D eigenvalue weighted by Gasteiger charge is -2.29. The SMILES string of the molecule is CCOC(=O)CCCN1C(=O)COc2ccc([N+](=O)[O-])cc21. The molecule has 0 saturated carbocycles. The third-order valence-corrected chi connectivity index (χ3v) is 3.16. The van der Waals surface area contributed by atoms with E-state index >= 15 is 0 Å². The number of fused-ring (bicyclic) bond motifs is 1. The zero-order valence-corrected chi connectivity index (χ0v) is 12.1. The number of non-ortho nitro benzene ring substituents is 1. The van der Waals surface area contributed by atoms with Crippen LogP contribution in [0.1, 0.15) is 19.8 Å². The van der Waals surface area contributed by atoms with Crippen molar-refractivity contribution in [2.24, 2.45) is 0 Å². The van der Waals surface area contributed by atoms with E-state index in [2.05, 4.69) is 0 Å². The normalized spacial score (nSPS) is 13.3. The summed E-state index contributed by atoms with van der Waals surface area (Å²) in [7, 11) is 0. The molecule has 8 nitrogen and oxygen atoms in total. The van der Waals surface area contributed by atoms with Crippen molar-refractivity contribution in [1.29, 1.82) is 0 Å². The molecule has 0 aliphatic carbocycles. The average Bonchev–Trinajstić information content (AvgIpc) is 2.49. The number of hydrogen-bond donors (Lipinski definition) is 0. The maximum absolute atomic E-state index is 12.0. The van der Waals surface area contributed by atoms with Crippen molar-refractivity contribution in [2.75, 3.05) is 24.7 Å². The van der Waals surface area contributed by atoms with E-state index in [1.54, 1.807) is 6.92 Å². The molecule has 0 N–H and O–H groups in total. The van der Waals surface area contributed by atoms with Crippen LogP contribution in [0.5, 0.6) is 5.75 Å². The average molecular weight is 308 g/mol. The quantitative estimate of drug-likeness (QED) is 0.450. The number of nitro groups is 1. The van der Waals surface area contributed by atoms with Crippen molar-refractivity contribution in [3.05, 3.63) is 28.3 Å². The molecule has 1 heterocycles. The van der Waals surface area contributed by atoms with Gasteiger partial charge in [0.05, 0.1) is 17.2 Å². The molecule has 22 heavy (non-hydrogen) atoms. The number of nitro benzene ring substituents is 1. The molecule has 0 radical (unpaired) electrons. The Morgan fingerprint density at radius 1 is 1.50 bits per heavy atom. The first-order chi connectivity index (χ1) is 10.5. The minimum atomic E-state index is -0.532. The first-order valence-electron chi connectivity index (χ1n) is 6.90. The van der Waals surface area contributed by atoms with Crippen LogP contribution < -0.4 is 9.64 Å². The van der Waals surface area contributed by atoms with E-state index in [0.717, 1.165) is 0 Å². The van der Waals surface area contributed by atoms with Crippen LogP contribution in [0.3, 0.4) is 0 Å². The summed E-state index contributed by atoms with van der Waals surface area (Å²) < 4.78 is 10.1. The largest absolute Gasteiger partial charge is 0.482 e. The van der Waals surface area contributed by atoms with Crippen LogP contribution in [0.25, 0.3) is 0 Å². The maximum atomic E-state index is 12.0. The fourth-order valence-electron chi connectivity index (χ4n) is 2.16. The summed E-state index contributed by atoms with van der Waals surface area (Å²) in [6.07, 6.45) is 0.593. The van der Waals surface area contributed by atoms with Gasteiger partial charge < -0.3 is 14.4 Å². The zero-order chi connectivity index (χ0) is 16.1. The number of ether oxygens (including phenoxy) is 2. The van der Waals surface area contributed by atoms with Crippen LogP contribution in [-0.4, -0.2) is 36.6 Å². The number of amides is 1. The van der Waals surface area contributed by atoms with Crippen LogP contribution in [0.4, 0.5) is 11.4 Å². The predicted molar refractivity (Wildman–Crippen MR) is 76.8 cm³/mol. The summed E-state index contributed by atoms with van der Waals surface area (Å²) in [6, 6.07) is 4.10. The minimum absolute atomic E-state index is 0.118. The van der Waals surface area contributed by atoms with Crippen molar-refractivity contribution in [3.63, 3.8) is 0 Å². The molecule has 0 aromatic heterocycles. The van der Waals surface area contributed by atoms with Gasteiger partial charge in [0.25, 0.3) is 11.6 Å². The summed E-state index contributed by atoms with van der Waals surface area (Å²) in [5, 5.41) is 10.9. The topological polar surface area (TPSA) is 99.0 Å². The Balaban J connectivity index is 2.11. The second-order valence-electron chi connectivity index (χ2n) is 4.65. The Kier molecular flexibility index (Phi) is 4.92. The van der Waals surface area contributed by atoms with Crippen LogP contribution in [0, 0.1) is 10.1 Å². The van der Waals surface area contributed by atoms with Gasteiger partial charge in [-0.25, -0.2) is 0 Å². The molecular weight excluding hydrogens is 292 g/mol. The lowest BCUT2D eigenvalue weighted by Crippen LogP contribution is -2.39. The van der Waals surface area contributed by atoms with Gasteiger partial charge in [0, 0.05) is 25.1 Å². The zero-order valence-electron chi connectivity index (χ0n) is 12.1. The molecule has 1 amide bonds. The van der Waals surface area contributed by atoms with Crippen molar-refractivity contribution in [2.45, 2.75) is 19.8 Å². The molecule has 1 aromatic rings. The lowest BCUT2D eigenvalue weighted by atomic mass is 10.2. The minimum Gasteiger partial charge on any atom is -0.482 e. The van der Waals surface area contributed by atoms with E-state index in [-0.39, 0.29) is 37.1 Å². The third kappa shape index (κ3) is 3.51. The first-order valence-corrected chi connectivity index (χ1v) is 6.90. The van der Waals surface area contributed by atoms with E-state index in [1.807, 2.05) is 0 Å². The second kappa shape index (κ2) is 6.88. The predicted octanol–water partition coefficient (Wildman–Crippen LogP) is 1.66. The molecule has 0 atom stereocenters. The lowest BCUT2D eigenvalue weighted by molar-refractivity contribution is -0.384. The van der Waals surface area contributed by atoms with Crippen LogP contribution >= 0.6 is 0 Å². The van der Waals surface area contributed by atoms with Gasteiger partial charge >= 0.3 is 5.97 Å². The second-order valence-corrected chi connectivity index (χ2v) is 4.65. The Bertz CT molecular complexity index is 601. The third-order valence-electron chi connectivity index (χ3n) is 3.16. The van der Waals surface area contributed by atoms with Crippen LogP contribution in [0.2, 0.25) is 0 Å². The fourth-order valence-corrected chi connectivity index (χ4v) is 2.16. The molecule has 0 fully saturated rings. The number of anilines is 1. The molecule has 2 rings (SSSR count). The summed E-state index contributed by atoms with van der Waals surface area (Å²) in [5.74, 6) is -0.208. The number of carbonyl (C=O) groups excluding carboxylic acids is 2. The number of esters is 1. The molecular formula is C14H16N2O6. The van der Waals surface area contributed by atoms with Gasteiger partial charge in [-0.2, -0.15) is 0 Å². The van der Waals surface area contributed by atoms with Crippen molar-refractivity contribution in [1.82, 2.24) is 0 Å². The fraction of sp³-hybridized carbons (Fsp3) is 0.429. The summed E-state index contributed by atoms with van der Waals surface area (Å²) in [4.78, 5) is 35.0. The van der Waals surface area contributed by atoms with Gasteiger partial charge in [-0.3, -0.25) is 19.7 Å². The smallest absolute Gasteiger partial charge is 0.305 e. The molecule has 0 spiro atoms. The van der Waals surface area contributed by atoms with Gasteiger partial charge in [-0.05, 0) is 19.4 Å². The number of rotatable bonds is 6. The standard InChI is InChI=1S/C14H16N2O6/c1-2-21-14(18)4-3-7-15-11-8-10(16(19)20)5-6-12(11)22-9-13(15)17/h5-6,8H,2-4,7,9H2,1H3. The molecule has 1 aliphatic heterocycles. The molecule has 118 valence electrons. The summed E-state index contributed by atoms with van der Waals surface area (Å²) in [6.45, 7) is 2.18. The van der Waals surface area contributed by atoms with Gasteiger partial charge in [-0.1, -0.05) is 0 Å². The van der Waals surface area contributed by atoms with E-state index in [0.29, 0.717) is 24.5 Å². The number of hydrogen-bond acceptors (Lipinski definition) is 6. The Morgan fingerprint density at radius 3 is 2.95 bits per heavy atom. The highest BCUT2D eigenvalue weighted by Crippen LogP contribution is 2.35. The van der Waals surface area contributed by atoms with Crippen molar-refractivity contribution in [3.8, 4) is 5.75 Å². The van der Waals surface area contributed by atoms with E-state index in [4.69, 9.17) is 9.47 Å².